The standard InChI is InChI=1S/C12H12O4/c1-2-3-9(13)12(14)8-4-5-10-11(6-8)16-7-15-10/h4-6H,2-3,7H2,1H3. The number of ketones is 2. The van der Waals surface area contributed by atoms with E-state index in [-0.39, 0.29) is 19.0 Å². The number of Topliss-reactive ketones (excluding diaryl/α,β-unsaturated/α-hetero) is 2. The first-order valence-electron chi connectivity index (χ1n) is 5.19. The zero-order chi connectivity index (χ0) is 11.5. The molecule has 1 heterocycles. The molecule has 0 bridgehead atoms. The first-order valence-corrected chi connectivity index (χ1v) is 5.19. The number of carbonyl (C=O) groups excluding carboxylic acids is 2. The second-order valence-electron chi connectivity index (χ2n) is 3.57. The highest BCUT2D eigenvalue weighted by atomic mass is 16.7. The van der Waals surface area contributed by atoms with Crippen molar-refractivity contribution in [2.45, 2.75) is 19.8 Å². The molecule has 0 saturated carbocycles. The van der Waals surface area contributed by atoms with E-state index in [1.165, 1.54) is 0 Å². The molecule has 0 atom stereocenters. The Labute approximate surface area is 93.2 Å². The molecule has 4 heteroatoms. The number of hydrogen-bond donors (Lipinski definition) is 0. The minimum Gasteiger partial charge on any atom is -0.454 e. The molecule has 0 amide bonds. The number of benzene rings is 1. The monoisotopic (exact) mass is 220 g/mol. The first kappa shape index (κ1) is 10.7. The van der Waals surface area contributed by atoms with Crippen LogP contribution in [0.5, 0.6) is 11.5 Å². The lowest BCUT2D eigenvalue weighted by atomic mass is 10.0. The molecule has 0 spiro atoms. The van der Waals surface area contributed by atoms with Gasteiger partial charge in [-0.15, -0.1) is 0 Å². The second kappa shape index (κ2) is 4.35. The van der Waals surface area contributed by atoms with Gasteiger partial charge >= 0.3 is 0 Å². The van der Waals surface area contributed by atoms with Crippen molar-refractivity contribution in [1.82, 2.24) is 0 Å². The largest absolute Gasteiger partial charge is 0.454 e. The third-order valence-corrected chi connectivity index (χ3v) is 2.37. The minimum atomic E-state index is -0.458. The third-order valence-electron chi connectivity index (χ3n) is 2.37. The van der Waals surface area contributed by atoms with Crippen molar-refractivity contribution >= 4 is 11.6 Å². The molecule has 0 saturated heterocycles. The molecule has 1 aromatic carbocycles. The van der Waals surface area contributed by atoms with Gasteiger partial charge < -0.3 is 9.47 Å². The maximum atomic E-state index is 11.7. The maximum absolute atomic E-state index is 11.7. The molecular weight excluding hydrogens is 208 g/mol. The van der Waals surface area contributed by atoms with Crippen LogP contribution in [0.15, 0.2) is 18.2 Å². The van der Waals surface area contributed by atoms with Gasteiger partial charge in [-0.05, 0) is 24.6 Å². The fraction of sp³-hybridized carbons (Fsp3) is 0.333. The van der Waals surface area contributed by atoms with Gasteiger partial charge in [0.05, 0.1) is 0 Å². The average Bonchev–Trinajstić information content (AvgIpc) is 2.75. The van der Waals surface area contributed by atoms with Crippen LogP contribution in [0, 0.1) is 0 Å². The van der Waals surface area contributed by atoms with Crippen LogP contribution in [-0.4, -0.2) is 18.4 Å². The summed E-state index contributed by atoms with van der Waals surface area (Å²) in [4.78, 5) is 23.1. The zero-order valence-corrected chi connectivity index (χ0v) is 8.99. The Hall–Kier alpha value is -1.84. The predicted molar refractivity (Wildman–Crippen MR) is 56.8 cm³/mol. The maximum Gasteiger partial charge on any atom is 0.231 e. The minimum absolute atomic E-state index is 0.163. The summed E-state index contributed by atoms with van der Waals surface area (Å²) >= 11 is 0. The summed E-state index contributed by atoms with van der Waals surface area (Å²) in [7, 11) is 0. The van der Waals surface area contributed by atoms with Crippen LogP contribution < -0.4 is 9.47 Å². The topological polar surface area (TPSA) is 52.6 Å². The Balaban J connectivity index is 2.21. The molecule has 1 aromatic rings. The first-order chi connectivity index (χ1) is 7.72. The van der Waals surface area contributed by atoms with E-state index >= 15 is 0 Å². The second-order valence-corrected chi connectivity index (χ2v) is 3.57. The van der Waals surface area contributed by atoms with Crippen molar-refractivity contribution in [3.63, 3.8) is 0 Å². The Bertz CT molecular complexity index is 437. The number of hydrogen-bond acceptors (Lipinski definition) is 4. The van der Waals surface area contributed by atoms with Crippen molar-refractivity contribution in [2.75, 3.05) is 6.79 Å². The van der Waals surface area contributed by atoms with E-state index in [1.54, 1.807) is 18.2 Å². The van der Waals surface area contributed by atoms with Gasteiger partial charge in [0.2, 0.25) is 18.4 Å². The number of rotatable bonds is 4. The van der Waals surface area contributed by atoms with Gasteiger partial charge in [-0.25, -0.2) is 0 Å². The molecule has 1 aliphatic rings. The molecule has 16 heavy (non-hydrogen) atoms. The van der Waals surface area contributed by atoms with E-state index in [9.17, 15) is 9.59 Å². The summed E-state index contributed by atoms with van der Waals surface area (Å²) in [5, 5.41) is 0. The van der Waals surface area contributed by atoms with Crippen molar-refractivity contribution in [1.29, 1.82) is 0 Å². The molecule has 0 aliphatic carbocycles. The normalized spacial score (nSPS) is 12.6. The Morgan fingerprint density at radius 3 is 2.75 bits per heavy atom. The highest BCUT2D eigenvalue weighted by Crippen LogP contribution is 2.32. The number of ether oxygens (including phenoxy) is 2. The lowest BCUT2D eigenvalue weighted by Gasteiger charge is -2.01. The summed E-state index contributed by atoms with van der Waals surface area (Å²) in [5.74, 6) is 0.316. The van der Waals surface area contributed by atoms with E-state index in [4.69, 9.17) is 9.47 Å². The lowest BCUT2D eigenvalue weighted by Crippen LogP contribution is -2.13. The smallest absolute Gasteiger partial charge is 0.231 e. The van der Waals surface area contributed by atoms with E-state index in [0.717, 1.165) is 0 Å². The van der Waals surface area contributed by atoms with E-state index < -0.39 is 5.78 Å². The SMILES string of the molecule is CCCC(=O)C(=O)c1ccc2c(c1)OCO2. The average molecular weight is 220 g/mol. The Morgan fingerprint density at radius 1 is 1.25 bits per heavy atom. The highest BCUT2D eigenvalue weighted by molar-refractivity contribution is 6.43. The van der Waals surface area contributed by atoms with Gasteiger partial charge in [0.25, 0.3) is 0 Å². The molecular formula is C12H12O4. The molecule has 2 rings (SSSR count). The number of carbonyl (C=O) groups is 2. The summed E-state index contributed by atoms with van der Waals surface area (Å²) < 4.78 is 10.3. The summed E-state index contributed by atoms with van der Waals surface area (Å²) in [5.41, 5.74) is 0.364. The zero-order valence-electron chi connectivity index (χ0n) is 8.99. The van der Waals surface area contributed by atoms with Crippen molar-refractivity contribution in [2.24, 2.45) is 0 Å². The van der Waals surface area contributed by atoms with Crippen molar-refractivity contribution < 1.29 is 19.1 Å². The van der Waals surface area contributed by atoms with Crippen molar-refractivity contribution in [3.05, 3.63) is 23.8 Å². The van der Waals surface area contributed by atoms with Crippen LogP contribution >= 0.6 is 0 Å². The molecule has 0 radical (unpaired) electrons. The summed E-state index contributed by atoms with van der Waals surface area (Å²) in [6.45, 7) is 2.03. The fourth-order valence-corrected chi connectivity index (χ4v) is 1.54. The van der Waals surface area contributed by atoms with Gasteiger partial charge in [-0.3, -0.25) is 9.59 Å². The fourth-order valence-electron chi connectivity index (χ4n) is 1.54. The summed E-state index contributed by atoms with van der Waals surface area (Å²) in [6, 6.07) is 4.79. The molecule has 0 aromatic heterocycles. The van der Waals surface area contributed by atoms with Crippen LogP contribution in [0.4, 0.5) is 0 Å². The molecule has 1 aliphatic heterocycles. The third kappa shape index (κ3) is 1.91. The predicted octanol–water partition coefficient (Wildman–Crippen LogP) is 1.97. The molecule has 0 unspecified atom stereocenters. The quantitative estimate of drug-likeness (QED) is 0.575. The molecule has 84 valence electrons. The van der Waals surface area contributed by atoms with Crippen molar-refractivity contribution in [3.8, 4) is 11.5 Å². The van der Waals surface area contributed by atoms with E-state index in [0.29, 0.717) is 23.5 Å². The summed E-state index contributed by atoms with van der Waals surface area (Å²) in [6.07, 6.45) is 0.961. The number of fused-ring (bicyclic) bond motifs is 1. The van der Waals surface area contributed by atoms with Gasteiger partial charge in [-0.2, -0.15) is 0 Å². The van der Waals surface area contributed by atoms with E-state index in [2.05, 4.69) is 0 Å². The molecule has 0 N–H and O–H groups in total. The van der Waals surface area contributed by atoms with Crippen LogP contribution in [0.3, 0.4) is 0 Å². The Morgan fingerprint density at radius 2 is 2.00 bits per heavy atom. The van der Waals surface area contributed by atoms with Crippen LogP contribution in [0.2, 0.25) is 0 Å². The van der Waals surface area contributed by atoms with Gasteiger partial charge in [0.1, 0.15) is 0 Å². The molecule has 4 nitrogen and oxygen atoms in total. The van der Waals surface area contributed by atoms with Crippen LogP contribution in [-0.2, 0) is 4.79 Å². The van der Waals surface area contributed by atoms with Crippen LogP contribution in [0.1, 0.15) is 30.1 Å². The lowest BCUT2D eigenvalue weighted by molar-refractivity contribution is -0.115. The van der Waals surface area contributed by atoms with Gasteiger partial charge in [-0.1, -0.05) is 6.92 Å². The van der Waals surface area contributed by atoms with Gasteiger partial charge in [0, 0.05) is 12.0 Å². The van der Waals surface area contributed by atoms with Crippen LogP contribution in [0.25, 0.3) is 0 Å². The van der Waals surface area contributed by atoms with Gasteiger partial charge in [0.15, 0.2) is 11.5 Å². The van der Waals surface area contributed by atoms with E-state index in [1.807, 2.05) is 6.92 Å². The Kier molecular flexibility index (Phi) is 2.90. The highest BCUT2D eigenvalue weighted by Gasteiger charge is 2.19. The molecule has 0 fully saturated rings.